The predicted molar refractivity (Wildman–Crippen MR) is 89.9 cm³/mol. The summed E-state index contributed by atoms with van der Waals surface area (Å²) in [6.07, 6.45) is 8.67. The molecule has 1 atom stereocenters. The van der Waals surface area contributed by atoms with E-state index in [0.717, 1.165) is 29.8 Å². The summed E-state index contributed by atoms with van der Waals surface area (Å²) < 4.78 is 1.70. The molecule has 2 aromatic heterocycles. The van der Waals surface area contributed by atoms with Crippen molar-refractivity contribution in [1.82, 2.24) is 19.7 Å². The predicted octanol–water partition coefficient (Wildman–Crippen LogP) is 2.40. The number of nitrogens with zero attached hydrogens (tertiary/aromatic N) is 4. The molecule has 3 heterocycles. The zero-order chi connectivity index (χ0) is 17.1. The second-order valence-electron chi connectivity index (χ2n) is 6.01. The van der Waals surface area contributed by atoms with Crippen LogP contribution in [0.4, 0.5) is 0 Å². The molecule has 1 aliphatic rings. The minimum atomic E-state index is -0.815. The average Bonchev–Trinajstić information content (AvgIpc) is 3.21. The van der Waals surface area contributed by atoms with Crippen molar-refractivity contribution in [3.8, 4) is 10.6 Å². The largest absolute Gasteiger partial charge is 0.481 e. The van der Waals surface area contributed by atoms with Gasteiger partial charge in [-0.3, -0.25) is 14.3 Å². The summed E-state index contributed by atoms with van der Waals surface area (Å²) in [7, 11) is 1.84. The minimum absolute atomic E-state index is 0.00583. The number of carbonyl (C=O) groups is 2. The SMILES string of the molecule is Cn1cc(-c2ncc(C(=O)N3CCCCC3CCC(=O)O)s2)cn1. The highest BCUT2D eigenvalue weighted by molar-refractivity contribution is 7.16. The first-order valence-electron chi connectivity index (χ1n) is 8.02. The van der Waals surface area contributed by atoms with E-state index in [1.54, 1.807) is 17.1 Å². The van der Waals surface area contributed by atoms with E-state index in [4.69, 9.17) is 5.11 Å². The number of amides is 1. The summed E-state index contributed by atoms with van der Waals surface area (Å²) in [4.78, 5) is 30.4. The van der Waals surface area contributed by atoms with Crippen LogP contribution in [0.15, 0.2) is 18.6 Å². The zero-order valence-electron chi connectivity index (χ0n) is 13.5. The van der Waals surface area contributed by atoms with Crippen LogP contribution in [0, 0.1) is 0 Å². The number of hydrogen-bond donors (Lipinski definition) is 1. The maximum Gasteiger partial charge on any atom is 0.303 e. The molecule has 0 aliphatic carbocycles. The van der Waals surface area contributed by atoms with Crippen molar-refractivity contribution < 1.29 is 14.7 Å². The van der Waals surface area contributed by atoms with Crippen molar-refractivity contribution in [2.45, 2.75) is 38.1 Å². The van der Waals surface area contributed by atoms with Gasteiger partial charge in [-0.2, -0.15) is 5.10 Å². The molecule has 3 rings (SSSR count). The summed E-state index contributed by atoms with van der Waals surface area (Å²) in [6, 6.07) is 0.00583. The molecule has 2 aromatic rings. The molecule has 0 spiro atoms. The molecule has 1 N–H and O–H groups in total. The molecule has 8 heteroatoms. The lowest BCUT2D eigenvalue weighted by atomic mass is 9.97. The lowest BCUT2D eigenvalue weighted by Crippen LogP contribution is -2.43. The molecule has 0 radical (unpaired) electrons. The Morgan fingerprint density at radius 3 is 2.92 bits per heavy atom. The molecule has 1 unspecified atom stereocenters. The number of aryl methyl sites for hydroxylation is 1. The number of hydrogen-bond acceptors (Lipinski definition) is 5. The van der Waals surface area contributed by atoms with Crippen LogP contribution in [0.2, 0.25) is 0 Å². The molecule has 128 valence electrons. The number of thiazole rings is 1. The second kappa shape index (κ2) is 7.12. The van der Waals surface area contributed by atoms with E-state index in [9.17, 15) is 9.59 Å². The van der Waals surface area contributed by atoms with Gasteiger partial charge in [0.25, 0.3) is 5.91 Å². The lowest BCUT2D eigenvalue weighted by Gasteiger charge is -2.35. The average molecular weight is 348 g/mol. The first-order chi connectivity index (χ1) is 11.5. The zero-order valence-corrected chi connectivity index (χ0v) is 14.3. The molecule has 1 fully saturated rings. The van der Waals surface area contributed by atoms with Gasteiger partial charge in [0.2, 0.25) is 0 Å². The molecule has 7 nitrogen and oxygen atoms in total. The van der Waals surface area contributed by atoms with Gasteiger partial charge < -0.3 is 10.0 Å². The Labute approximate surface area is 143 Å². The van der Waals surface area contributed by atoms with E-state index in [2.05, 4.69) is 10.1 Å². The summed E-state index contributed by atoms with van der Waals surface area (Å²) in [6.45, 7) is 0.684. The number of rotatable bonds is 5. The number of carbonyl (C=O) groups excluding carboxylic acids is 1. The first kappa shape index (κ1) is 16.6. The fourth-order valence-electron chi connectivity index (χ4n) is 3.04. The molecule has 1 amide bonds. The number of carboxylic acid groups (broad SMARTS) is 1. The van der Waals surface area contributed by atoms with E-state index < -0.39 is 5.97 Å². The van der Waals surface area contributed by atoms with Crippen LogP contribution in [-0.2, 0) is 11.8 Å². The van der Waals surface area contributed by atoms with Gasteiger partial charge in [0.15, 0.2) is 0 Å². The van der Waals surface area contributed by atoms with E-state index in [-0.39, 0.29) is 18.4 Å². The minimum Gasteiger partial charge on any atom is -0.481 e. The summed E-state index contributed by atoms with van der Waals surface area (Å²) in [5, 5.41) is 13.8. The summed E-state index contributed by atoms with van der Waals surface area (Å²) in [5.41, 5.74) is 0.891. The lowest BCUT2D eigenvalue weighted by molar-refractivity contribution is -0.137. The van der Waals surface area contributed by atoms with Crippen LogP contribution in [0.5, 0.6) is 0 Å². The van der Waals surface area contributed by atoms with Crippen LogP contribution < -0.4 is 0 Å². The fourth-order valence-corrected chi connectivity index (χ4v) is 3.88. The number of carboxylic acids is 1. The summed E-state index contributed by atoms with van der Waals surface area (Å²) >= 11 is 1.36. The third kappa shape index (κ3) is 3.64. The van der Waals surface area contributed by atoms with Gasteiger partial charge in [0.05, 0.1) is 12.4 Å². The highest BCUT2D eigenvalue weighted by Gasteiger charge is 2.29. The van der Waals surface area contributed by atoms with Crippen LogP contribution in [-0.4, -0.2) is 49.2 Å². The third-order valence-corrected chi connectivity index (χ3v) is 5.28. The molecule has 1 saturated heterocycles. The smallest absolute Gasteiger partial charge is 0.303 e. The van der Waals surface area contributed by atoms with Gasteiger partial charge in [0.1, 0.15) is 9.88 Å². The van der Waals surface area contributed by atoms with E-state index in [1.807, 2.05) is 18.1 Å². The molecule has 24 heavy (non-hydrogen) atoms. The number of piperidine rings is 1. The highest BCUT2D eigenvalue weighted by Crippen LogP contribution is 2.28. The van der Waals surface area contributed by atoms with Gasteiger partial charge in [0, 0.05) is 37.8 Å². The number of aliphatic carboxylic acids is 1. The number of aromatic nitrogens is 3. The van der Waals surface area contributed by atoms with Crippen LogP contribution in [0.3, 0.4) is 0 Å². The van der Waals surface area contributed by atoms with Crippen LogP contribution in [0.25, 0.3) is 10.6 Å². The van der Waals surface area contributed by atoms with Crippen molar-refractivity contribution in [1.29, 1.82) is 0 Å². The van der Waals surface area contributed by atoms with Crippen molar-refractivity contribution in [2.75, 3.05) is 6.54 Å². The first-order valence-corrected chi connectivity index (χ1v) is 8.84. The Morgan fingerprint density at radius 1 is 1.38 bits per heavy atom. The fraction of sp³-hybridized carbons (Fsp3) is 0.500. The van der Waals surface area contributed by atoms with Crippen LogP contribution in [0.1, 0.15) is 41.8 Å². The van der Waals surface area contributed by atoms with Gasteiger partial charge in [-0.15, -0.1) is 11.3 Å². The summed E-state index contributed by atoms with van der Waals surface area (Å²) in [5.74, 6) is -0.859. The highest BCUT2D eigenvalue weighted by atomic mass is 32.1. The molecule has 0 saturated carbocycles. The van der Waals surface area contributed by atoms with E-state index >= 15 is 0 Å². The monoisotopic (exact) mass is 348 g/mol. The second-order valence-corrected chi connectivity index (χ2v) is 7.04. The molecular formula is C16H20N4O3S. The van der Waals surface area contributed by atoms with E-state index in [1.165, 1.54) is 11.3 Å². The van der Waals surface area contributed by atoms with Crippen molar-refractivity contribution >= 4 is 23.2 Å². The van der Waals surface area contributed by atoms with Gasteiger partial charge >= 0.3 is 5.97 Å². The topological polar surface area (TPSA) is 88.3 Å². The Bertz CT molecular complexity index is 739. The normalized spacial score (nSPS) is 17.9. The Kier molecular flexibility index (Phi) is 4.94. The van der Waals surface area contributed by atoms with Gasteiger partial charge in [-0.25, -0.2) is 4.98 Å². The maximum absolute atomic E-state index is 12.8. The van der Waals surface area contributed by atoms with Gasteiger partial charge in [-0.1, -0.05) is 0 Å². The quantitative estimate of drug-likeness (QED) is 0.896. The Hall–Kier alpha value is -2.22. The van der Waals surface area contributed by atoms with Crippen molar-refractivity contribution in [3.63, 3.8) is 0 Å². The Balaban J connectivity index is 1.74. The molecule has 0 bridgehead atoms. The van der Waals surface area contributed by atoms with E-state index in [0.29, 0.717) is 17.8 Å². The standard InChI is InChI=1S/C16H20N4O3S/c1-19-10-11(8-18-19)15-17-9-13(24-15)16(23)20-7-3-2-4-12(20)5-6-14(21)22/h8-10,12H,2-7H2,1H3,(H,21,22). The number of likely N-dealkylation sites (tertiary alicyclic amines) is 1. The van der Waals surface area contributed by atoms with Crippen LogP contribution >= 0.6 is 11.3 Å². The molecular weight excluding hydrogens is 328 g/mol. The van der Waals surface area contributed by atoms with Crippen molar-refractivity contribution in [2.24, 2.45) is 7.05 Å². The third-order valence-electron chi connectivity index (χ3n) is 4.25. The molecule has 0 aromatic carbocycles. The van der Waals surface area contributed by atoms with Gasteiger partial charge in [-0.05, 0) is 25.7 Å². The Morgan fingerprint density at radius 2 is 2.21 bits per heavy atom. The molecule has 1 aliphatic heterocycles. The maximum atomic E-state index is 12.8. The van der Waals surface area contributed by atoms with Crippen molar-refractivity contribution in [3.05, 3.63) is 23.5 Å².